The first-order valence-electron chi connectivity index (χ1n) is 6.42. The van der Waals surface area contributed by atoms with Gasteiger partial charge in [0.2, 0.25) is 0 Å². The van der Waals surface area contributed by atoms with Crippen LogP contribution in [0, 0.1) is 0 Å². The van der Waals surface area contributed by atoms with Gasteiger partial charge >= 0.3 is 5.97 Å². The summed E-state index contributed by atoms with van der Waals surface area (Å²) in [5.74, 6) is -0.115. The van der Waals surface area contributed by atoms with Crippen LogP contribution in [0.1, 0.15) is 21.7 Å². The zero-order chi connectivity index (χ0) is 14.4. The summed E-state index contributed by atoms with van der Waals surface area (Å²) in [6.07, 6.45) is 4.12. The van der Waals surface area contributed by atoms with E-state index in [0.29, 0.717) is 18.5 Å². The number of aromatic nitrogens is 2. The average Bonchev–Trinajstić information content (AvgIpc) is 2.46. The van der Waals surface area contributed by atoms with E-state index in [9.17, 15) is 4.79 Å². The Morgan fingerprint density at radius 3 is 2.60 bits per heavy atom. The van der Waals surface area contributed by atoms with E-state index in [2.05, 4.69) is 14.9 Å². The number of rotatable bonds is 6. The number of carboxylic acids is 1. The molecule has 2 aromatic rings. The van der Waals surface area contributed by atoms with Gasteiger partial charge in [-0.25, -0.2) is 14.8 Å². The number of hydrogen-bond acceptors (Lipinski definition) is 4. The summed E-state index contributed by atoms with van der Waals surface area (Å²) in [6.45, 7) is 1.40. The Labute approximate surface area is 117 Å². The summed E-state index contributed by atoms with van der Waals surface area (Å²) < 4.78 is 0. The van der Waals surface area contributed by atoms with Gasteiger partial charge in [-0.05, 0) is 31.2 Å². The molecule has 0 atom stereocenters. The number of hydrogen-bond donors (Lipinski definition) is 1. The summed E-state index contributed by atoms with van der Waals surface area (Å²) in [7, 11) is 1.97. The van der Waals surface area contributed by atoms with Gasteiger partial charge in [0.05, 0.1) is 12.1 Å². The van der Waals surface area contributed by atoms with E-state index < -0.39 is 5.97 Å². The van der Waals surface area contributed by atoms with Crippen LogP contribution < -0.4 is 0 Å². The second-order valence-corrected chi connectivity index (χ2v) is 4.62. The molecule has 5 nitrogen and oxygen atoms in total. The van der Waals surface area contributed by atoms with E-state index in [1.165, 1.54) is 0 Å². The molecule has 1 aromatic heterocycles. The molecule has 0 saturated carbocycles. The number of carbonyl (C=O) groups is 1. The third-order valence-electron chi connectivity index (χ3n) is 3.04. The summed E-state index contributed by atoms with van der Waals surface area (Å²) in [5.41, 5.74) is 1.22. The van der Waals surface area contributed by atoms with Gasteiger partial charge in [-0.2, -0.15) is 0 Å². The second kappa shape index (κ2) is 6.77. The number of carboxylic acid groups (broad SMARTS) is 1. The van der Waals surface area contributed by atoms with Crippen LogP contribution in [-0.4, -0.2) is 39.5 Å². The van der Waals surface area contributed by atoms with Crippen molar-refractivity contribution in [3.8, 4) is 0 Å². The first-order chi connectivity index (χ1) is 9.66. The predicted molar refractivity (Wildman–Crippen MR) is 75.5 cm³/mol. The number of likely N-dealkylation sites (N-methyl/N-ethyl adjacent to an activating group) is 1. The van der Waals surface area contributed by atoms with Crippen LogP contribution in [0.15, 0.2) is 42.7 Å². The maximum atomic E-state index is 11.1. The van der Waals surface area contributed by atoms with Crippen molar-refractivity contribution in [2.75, 3.05) is 13.6 Å². The molecule has 0 fully saturated rings. The third-order valence-corrected chi connectivity index (χ3v) is 3.04. The molecule has 1 aromatic carbocycles. The van der Waals surface area contributed by atoms with E-state index in [1.54, 1.807) is 30.6 Å². The Hall–Kier alpha value is -2.27. The Morgan fingerprint density at radius 1 is 1.20 bits per heavy atom. The summed E-state index contributed by atoms with van der Waals surface area (Å²) >= 11 is 0. The van der Waals surface area contributed by atoms with Crippen LogP contribution in [0.2, 0.25) is 0 Å². The minimum atomic E-state index is -0.880. The van der Waals surface area contributed by atoms with Crippen molar-refractivity contribution in [3.63, 3.8) is 0 Å². The summed E-state index contributed by atoms with van der Waals surface area (Å²) in [6, 6.07) is 8.89. The molecule has 0 unspecified atom stereocenters. The number of nitrogens with zero attached hydrogens (tertiary/aromatic N) is 3. The molecule has 0 saturated heterocycles. The Balaban J connectivity index is 1.94. The highest BCUT2D eigenvalue weighted by Crippen LogP contribution is 2.10. The van der Waals surface area contributed by atoms with Gasteiger partial charge in [0.1, 0.15) is 5.82 Å². The molecule has 0 aliphatic heterocycles. The fraction of sp³-hybridized carbons (Fsp3) is 0.267. The molecule has 0 amide bonds. The van der Waals surface area contributed by atoms with E-state index in [4.69, 9.17) is 5.11 Å². The van der Waals surface area contributed by atoms with Crippen LogP contribution in [-0.2, 0) is 13.0 Å². The molecule has 104 valence electrons. The van der Waals surface area contributed by atoms with E-state index >= 15 is 0 Å². The molecule has 20 heavy (non-hydrogen) atoms. The lowest BCUT2D eigenvalue weighted by Gasteiger charge is -2.16. The first kappa shape index (κ1) is 14.1. The Morgan fingerprint density at radius 2 is 1.90 bits per heavy atom. The summed E-state index contributed by atoms with van der Waals surface area (Å²) in [4.78, 5) is 21.5. The lowest BCUT2D eigenvalue weighted by molar-refractivity contribution is 0.0695. The van der Waals surface area contributed by atoms with Crippen LogP contribution in [0.25, 0.3) is 0 Å². The van der Waals surface area contributed by atoms with Gasteiger partial charge in [-0.1, -0.05) is 18.2 Å². The highest BCUT2D eigenvalue weighted by molar-refractivity contribution is 5.89. The van der Waals surface area contributed by atoms with Crippen molar-refractivity contribution in [3.05, 3.63) is 59.7 Å². The van der Waals surface area contributed by atoms with Crippen molar-refractivity contribution in [1.29, 1.82) is 0 Å². The van der Waals surface area contributed by atoms with Gasteiger partial charge < -0.3 is 5.11 Å². The topological polar surface area (TPSA) is 66.3 Å². The quantitative estimate of drug-likeness (QED) is 0.868. The zero-order valence-electron chi connectivity index (χ0n) is 11.4. The minimum Gasteiger partial charge on any atom is -0.478 e. The second-order valence-electron chi connectivity index (χ2n) is 4.62. The smallest absolute Gasteiger partial charge is 0.335 e. The molecule has 5 heteroatoms. The zero-order valence-corrected chi connectivity index (χ0v) is 11.4. The maximum Gasteiger partial charge on any atom is 0.335 e. The van der Waals surface area contributed by atoms with Crippen LogP contribution in [0.3, 0.4) is 0 Å². The molecule has 0 radical (unpaired) electrons. The largest absolute Gasteiger partial charge is 0.478 e. The van der Waals surface area contributed by atoms with Crippen LogP contribution in [0.4, 0.5) is 0 Å². The monoisotopic (exact) mass is 271 g/mol. The van der Waals surface area contributed by atoms with Gasteiger partial charge in [0, 0.05) is 18.9 Å². The van der Waals surface area contributed by atoms with Crippen molar-refractivity contribution in [2.45, 2.75) is 13.0 Å². The third kappa shape index (κ3) is 3.86. The number of aromatic carboxylic acids is 1. The molecule has 2 rings (SSSR count). The van der Waals surface area contributed by atoms with Gasteiger partial charge in [0.15, 0.2) is 0 Å². The van der Waals surface area contributed by atoms with Crippen LogP contribution in [0.5, 0.6) is 0 Å². The average molecular weight is 271 g/mol. The molecule has 0 spiro atoms. The number of benzene rings is 1. The highest BCUT2D eigenvalue weighted by atomic mass is 16.4. The highest BCUT2D eigenvalue weighted by Gasteiger charge is 2.10. The lowest BCUT2D eigenvalue weighted by atomic mass is 10.0. The standard InChI is InChI=1S/C15H17N3O2/c1-18(11-14-16-8-4-9-17-14)10-7-12-5-2-3-6-13(12)15(19)20/h2-6,8-9H,7,10-11H2,1H3,(H,19,20). The van der Waals surface area contributed by atoms with Crippen molar-refractivity contribution in [1.82, 2.24) is 14.9 Å². The fourth-order valence-electron chi connectivity index (χ4n) is 1.99. The molecule has 1 N–H and O–H groups in total. The predicted octanol–water partition coefficient (Wildman–Crippen LogP) is 1.85. The van der Waals surface area contributed by atoms with E-state index in [-0.39, 0.29) is 0 Å². The minimum absolute atomic E-state index is 0.372. The fourth-order valence-corrected chi connectivity index (χ4v) is 1.99. The van der Waals surface area contributed by atoms with Crippen LogP contribution >= 0.6 is 0 Å². The van der Waals surface area contributed by atoms with Gasteiger partial charge in [-0.15, -0.1) is 0 Å². The van der Waals surface area contributed by atoms with Crippen molar-refractivity contribution >= 4 is 5.97 Å². The van der Waals surface area contributed by atoms with E-state index in [0.717, 1.165) is 17.9 Å². The van der Waals surface area contributed by atoms with Gasteiger partial charge in [0.25, 0.3) is 0 Å². The Kier molecular flexibility index (Phi) is 4.79. The first-order valence-corrected chi connectivity index (χ1v) is 6.42. The summed E-state index contributed by atoms with van der Waals surface area (Å²) in [5, 5.41) is 9.13. The van der Waals surface area contributed by atoms with Crippen molar-refractivity contribution < 1.29 is 9.90 Å². The lowest BCUT2D eigenvalue weighted by Crippen LogP contribution is -2.22. The normalized spacial score (nSPS) is 10.7. The maximum absolute atomic E-state index is 11.1. The Bertz CT molecular complexity index is 572. The van der Waals surface area contributed by atoms with Gasteiger partial charge in [-0.3, -0.25) is 4.90 Å². The van der Waals surface area contributed by atoms with Crippen molar-refractivity contribution in [2.24, 2.45) is 0 Å². The molecular weight excluding hydrogens is 254 g/mol. The molecule has 1 heterocycles. The molecule has 0 aliphatic carbocycles. The molecule has 0 bridgehead atoms. The molecule has 0 aliphatic rings. The molecular formula is C15H17N3O2. The SMILES string of the molecule is CN(CCc1ccccc1C(=O)O)Cc1ncccn1. The van der Waals surface area contributed by atoms with E-state index in [1.807, 2.05) is 19.2 Å².